The molecule has 1 aromatic rings. The largest absolute Gasteiger partial charge is 0.329 e. The monoisotopic (exact) mass is 264 g/mol. The van der Waals surface area contributed by atoms with Gasteiger partial charge >= 0.3 is 0 Å². The van der Waals surface area contributed by atoms with Crippen LogP contribution < -0.4 is 0 Å². The van der Waals surface area contributed by atoms with Gasteiger partial charge in [-0.05, 0) is 31.9 Å². The van der Waals surface area contributed by atoms with Crippen molar-refractivity contribution in [2.75, 3.05) is 13.1 Å². The Morgan fingerprint density at radius 3 is 2.94 bits per heavy atom. The zero-order chi connectivity index (χ0) is 12.7. The van der Waals surface area contributed by atoms with Gasteiger partial charge in [-0.2, -0.15) is 0 Å². The molecule has 0 saturated carbocycles. The number of hydrogen-bond acceptors (Lipinski definition) is 3. The number of nitrogens with zero attached hydrogens (tertiary/aromatic N) is 2. The van der Waals surface area contributed by atoms with E-state index in [0.717, 1.165) is 24.3 Å². The number of rotatable bonds is 2. The van der Waals surface area contributed by atoms with Crippen LogP contribution in [0.2, 0.25) is 0 Å². The molecule has 0 radical (unpaired) electrons. The molecule has 3 rings (SSSR count). The second-order valence-electron chi connectivity index (χ2n) is 4.95. The standard InChI is InChI=1S/C13H16N2O2S/c1-9-4-5-10(18-9)7-14-8-12(16)15-6-2-3-11(15)13(14)17/h4-5,11H,2-3,6-8H2,1H3. The second kappa shape index (κ2) is 4.39. The number of hydrogen-bond donors (Lipinski definition) is 0. The maximum Gasteiger partial charge on any atom is 0.246 e. The molecular weight excluding hydrogens is 248 g/mol. The van der Waals surface area contributed by atoms with Crippen LogP contribution in [0.15, 0.2) is 12.1 Å². The van der Waals surface area contributed by atoms with Crippen molar-refractivity contribution in [1.82, 2.24) is 9.80 Å². The Bertz CT molecular complexity index is 497. The number of piperazine rings is 1. The van der Waals surface area contributed by atoms with Gasteiger partial charge < -0.3 is 9.80 Å². The maximum atomic E-state index is 12.3. The van der Waals surface area contributed by atoms with E-state index >= 15 is 0 Å². The van der Waals surface area contributed by atoms with Crippen molar-refractivity contribution in [3.63, 3.8) is 0 Å². The lowest BCUT2D eigenvalue weighted by Crippen LogP contribution is -2.56. The molecule has 1 aromatic heterocycles. The van der Waals surface area contributed by atoms with Gasteiger partial charge in [0.1, 0.15) is 12.6 Å². The Morgan fingerprint density at radius 1 is 1.39 bits per heavy atom. The topological polar surface area (TPSA) is 40.6 Å². The summed E-state index contributed by atoms with van der Waals surface area (Å²) < 4.78 is 0. The summed E-state index contributed by atoms with van der Waals surface area (Å²) in [6.45, 7) is 3.62. The van der Waals surface area contributed by atoms with Gasteiger partial charge in [-0.25, -0.2) is 0 Å². The molecule has 0 aromatic carbocycles. The summed E-state index contributed by atoms with van der Waals surface area (Å²) in [5, 5.41) is 0. The highest BCUT2D eigenvalue weighted by atomic mass is 32.1. The lowest BCUT2D eigenvalue weighted by Gasteiger charge is -2.36. The first-order valence-electron chi connectivity index (χ1n) is 6.29. The van der Waals surface area contributed by atoms with Crippen molar-refractivity contribution in [3.8, 4) is 0 Å². The summed E-state index contributed by atoms with van der Waals surface area (Å²) >= 11 is 1.69. The minimum Gasteiger partial charge on any atom is -0.329 e. The van der Waals surface area contributed by atoms with E-state index in [1.807, 2.05) is 6.07 Å². The van der Waals surface area contributed by atoms with Gasteiger partial charge in [0, 0.05) is 16.3 Å². The Kier molecular flexibility index (Phi) is 2.86. The molecule has 2 saturated heterocycles. The molecule has 18 heavy (non-hydrogen) atoms. The average Bonchev–Trinajstić information content (AvgIpc) is 2.95. The molecule has 0 aliphatic carbocycles. The maximum absolute atomic E-state index is 12.3. The van der Waals surface area contributed by atoms with Gasteiger partial charge in [0.15, 0.2) is 0 Å². The van der Waals surface area contributed by atoms with E-state index < -0.39 is 0 Å². The highest BCUT2D eigenvalue weighted by Crippen LogP contribution is 2.26. The van der Waals surface area contributed by atoms with Crippen LogP contribution in [0.5, 0.6) is 0 Å². The fraction of sp³-hybridized carbons (Fsp3) is 0.538. The predicted molar refractivity (Wildman–Crippen MR) is 69.2 cm³/mol. The van der Waals surface area contributed by atoms with E-state index in [0.29, 0.717) is 6.54 Å². The molecule has 1 unspecified atom stereocenters. The highest BCUT2D eigenvalue weighted by Gasteiger charge is 2.41. The third-order valence-electron chi connectivity index (χ3n) is 3.64. The third kappa shape index (κ3) is 1.92. The molecule has 1 atom stereocenters. The minimum absolute atomic E-state index is 0.102. The Morgan fingerprint density at radius 2 is 2.22 bits per heavy atom. The molecule has 4 nitrogen and oxygen atoms in total. The molecule has 2 fully saturated rings. The van der Waals surface area contributed by atoms with Crippen LogP contribution in [0.4, 0.5) is 0 Å². The fourth-order valence-corrected chi connectivity index (χ4v) is 3.66. The van der Waals surface area contributed by atoms with Gasteiger partial charge in [0.2, 0.25) is 11.8 Å². The molecule has 2 amide bonds. The van der Waals surface area contributed by atoms with Crippen molar-refractivity contribution in [3.05, 3.63) is 21.9 Å². The van der Waals surface area contributed by atoms with Gasteiger partial charge in [0.25, 0.3) is 0 Å². The second-order valence-corrected chi connectivity index (χ2v) is 6.32. The summed E-state index contributed by atoms with van der Waals surface area (Å²) in [5.74, 6) is 0.225. The molecule has 0 N–H and O–H groups in total. The van der Waals surface area contributed by atoms with E-state index in [2.05, 4.69) is 13.0 Å². The van der Waals surface area contributed by atoms with Crippen LogP contribution in [0.1, 0.15) is 22.6 Å². The summed E-state index contributed by atoms with van der Waals surface area (Å²) in [4.78, 5) is 30.1. The highest BCUT2D eigenvalue weighted by molar-refractivity contribution is 7.11. The van der Waals surface area contributed by atoms with Crippen LogP contribution >= 0.6 is 11.3 Å². The Labute approximate surface area is 110 Å². The summed E-state index contributed by atoms with van der Waals surface area (Å²) in [6.07, 6.45) is 1.78. The number of carbonyl (C=O) groups is 2. The van der Waals surface area contributed by atoms with E-state index in [9.17, 15) is 9.59 Å². The van der Waals surface area contributed by atoms with E-state index in [1.165, 1.54) is 4.88 Å². The molecular formula is C13H16N2O2S. The smallest absolute Gasteiger partial charge is 0.246 e. The van der Waals surface area contributed by atoms with Crippen LogP contribution in [-0.2, 0) is 16.1 Å². The van der Waals surface area contributed by atoms with Crippen LogP contribution in [-0.4, -0.2) is 40.7 Å². The van der Waals surface area contributed by atoms with E-state index in [-0.39, 0.29) is 24.4 Å². The third-order valence-corrected chi connectivity index (χ3v) is 4.62. The first-order valence-corrected chi connectivity index (χ1v) is 7.10. The zero-order valence-corrected chi connectivity index (χ0v) is 11.2. The van der Waals surface area contributed by atoms with Crippen molar-refractivity contribution in [2.24, 2.45) is 0 Å². The molecule has 5 heteroatoms. The molecule has 2 aliphatic heterocycles. The van der Waals surface area contributed by atoms with Gasteiger partial charge in [-0.15, -0.1) is 11.3 Å². The molecule has 0 bridgehead atoms. The van der Waals surface area contributed by atoms with Crippen molar-refractivity contribution in [2.45, 2.75) is 32.4 Å². The van der Waals surface area contributed by atoms with Crippen molar-refractivity contribution >= 4 is 23.2 Å². The Hall–Kier alpha value is -1.36. The van der Waals surface area contributed by atoms with E-state index in [4.69, 9.17) is 0 Å². The number of aryl methyl sites for hydroxylation is 1. The normalized spacial score (nSPS) is 23.7. The molecule has 96 valence electrons. The molecule has 2 aliphatic rings. The first kappa shape index (κ1) is 11.7. The predicted octanol–water partition coefficient (Wildman–Crippen LogP) is 1.39. The van der Waals surface area contributed by atoms with Crippen molar-refractivity contribution in [1.29, 1.82) is 0 Å². The zero-order valence-electron chi connectivity index (χ0n) is 10.4. The van der Waals surface area contributed by atoms with Crippen LogP contribution in [0.3, 0.4) is 0 Å². The quantitative estimate of drug-likeness (QED) is 0.810. The van der Waals surface area contributed by atoms with Crippen molar-refractivity contribution < 1.29 is 9.59 Å². The fourth-order valence-electron chi connectivity index (χ4n) is 2.76. The summed E-state index contributed by atoms with van der Waals surface area (Å²) in [6, 6.07) is 3.91. The average molecular weight is 264 g/mol. The minimum atomic E-state index is -0.188. The number of amides is 2. The van der Waals surface area contributed by atoms with Gasteiger partial charge in [0.05, 0.1) is 6.54 Å². The first-order chi connectivity index (χ1) is 8.65. The lowest BCUT2D eigenvalue weighted by atomic mass is 10.1. The molecule has 0 spiro atoms. The Balaban J connectivity index is 1.76. The number of carbonyl (C=O) groups excluding carboxylic acids is 2. The van der Waals surface area contributed by atoms with Crippen LogP contribution in [0.25, 0.3) is 0 Å². The van der Waals surface area contributed by atoms with Gasteiger partial charge in [-0.1, -0.05) is 0 Å². The molecule has 3 heterocycles. The SMILES string of the molecule is Cc1ccc(CN2CC(=O)N3CCCC3C2=O)s1. The summed E-state index contributed by atoms with van der Waals surface area (Å²) in [5.41, 5.74) is 0. The number of fused-ring (bicyclic) bond motifs is 1. The van der Waals surface area contributed by atoms with Crippen LogP contribution in [0, 0.1) is 6.92 Å². The lowest BCUT2D eigenvalue weighted by molar-refractivity contribution is -0.154. The number of thiophene rings is 1. The van der Waals surface area contributed by atoms with Gasteiger partial charge in [-0.3, -0.25) is 9.59 Å². The van der Waals surface area contributed by atoms with E-state index in [1.54, 1.807) is 21.1 Å². The summed E-state index contributed by atoms with van der Waals surface area (Å²) in [7, 11) is 0.